The molecule has 0 aliphatic carbocycles. The summed E-state index contributed by atoms with van der Waals surface area (Å²) in [5, 5.41) is 3.00. The molecule has 0 aliphatic heterocycles. The van der Waals surface area contributed by atoms with Crippen LogP contribution < -0.4 is 10.9 Å². The van der Waals surface area contributed by atoms with Crippen molar-refractivity contribution in [2.24, 2.45) is 0 Å². The summed E-state index contributed by atoms with van der Waals surface area (Å²) in [6.45, 7) is 2.31. The first-order chi connectivity index (χ1) is 13.6. The Morgan fingerprint density at radius 1 is 1.00 bits per heavy atom. The van der Waals surface area contributed by atoms with Gasteiger partial charge in [0, 0.05) is 37.0 Å². The van der Waals surface area contributed by atoms with E-state index in [0.29, 0.717) is 12.4 Å². The van der Waals surface area contributed by atoms with Crippen molar-refractivity contribution in [3.63, 3.8) is 0 Å². The van der Waals surface area contributed by atoms with Crippen molar-refractivity contribution in [1.82, 2.24) is 14.0 Å². The molecule has 0 aliphatic rings. The fraction of sp³-hybridized carbons (Fsp3) is 0.136. The SMILES string of the molecule is Cc1cccn2c(NC(=O)CCn3ccccc3=O)c(-c3ccccc3)nc12. The Labute approximate surface area is 162 Å². The number of benzene rings is 1. The molecule has 3 aromatic heterocycles. The van der Waals surface area contributed by atoms with Gasteiger partial charge in [0.1, 0.15) is 17.2 Å². The number of hydrogen-bond donors (Lipinski definition) is 1. The first-order valence-corrected chi connectivity index (χ1v) is 9.12. The van der Waals surface area contributed by atoms with Crippen LogP contribution in [0.1, 0.15) is 12.0 Å². The normalized spacial score (nSPS) is 10.9. The van der Waals surface area contributed by atoms with Gasteiger partial charge in [-0.3, -0.25) is 14.0 Å². The number of aryl methyl sites for hydroxylation is 2. The number of aromatic nitrogens is 3. The number of pyridine rings is 2. The summed E-state index contributed by atoms with van der Waals surface area (Å²) in [6, 6.07) is 18.6. The first-order valence-electron chi connectivity index (χ1n) is 9.12. The second-order valence-corrected chi connectivity index (χ2v) is 6.59. The molecule has 0 unspecified atom stereocenters. The summed E-state index contributed by atoms with van der Waals surface area (Å²) in [6.07, 6.45) is 3.76. The molecule has 0 fully saturated rings. The smallest absolute Gasteiger partial charge is 0.250 e. The van der Waals surface area contributed by atoms with Crippen LogP contribution in [0.2, 0.25) is 0 Å². The van der Waals surface area contributed by atoms with E-state index in [1.807, 2.05) is 60.0 Å². The number of rotatable bonds is 5. The van der Waals surface area contributed by atoms with Crippen LogP contribution in [0.5, 0.6) is 0 Å². The molecule has 1 amide bonds. The van der Waals surface area contributed by atoms with E-state index >= 15 is 0 Å². The van der Waals surface area contributed by atoms with Crippen LogP contribution in [-0.4, -0.2) is 19.9 Å². The number of carbonyl (C=O) groups is 1. The maximum absolute atomic E-state index is 12.6. The molecule has 0 bridgehead atoms. The van der Waals surface area contributed by atoms with E-state index < -0.39 is 0 Å². The molecule has 140 valence electrons. The van der Waals surface area contributed by atoms with Crippen LogP contribution in [0.4, 0.5) is 5.82 Å². The van der Waals surface area contributed by atoms with E-state index in [1.54, 1.807) is 18.3 Å². The Morgan fingerprint density at radius 3 is 2.57 bits per heavy atom. The van der Waals surface area contributed by atoms with Gasteiger partial charge in [0.25, 0.3) is 5.56 Å². The molecule has 28 heavy (non-hydrogen) atoms. The topological polar surface area (TPSA) is 68.4 Å². The van der Waals surface area contributed by atoms with E-state index in [-0.39, 0.29) is 17.9 Å². The van der Waals surface area contributed by atoms with Gasteiger partial charge in [0.05, 0.1) is 0 Å². The highest BCUT2D eigenvalue weighted by molar-refractivity contribution is 5.94. The number of amides is 1. The van der Waals surface area contributed by atoms with Crippen LogP contribution in [0.25, 0.3) is 16.9 Å². The van der Waals surface area contributed by atoms with Gasteiger partial charge in [0.15, 0.2) is 0 Å². The lowest BCUT2D eigenvalue weighted by Crippen LogP contribution is -2.22. The van der Waals surface area contributed by atoms with E-state index in [9.17, 15) is 9.59 Å². The maximum atomic E-state index is 12.6. The Kier molecular flexibility index (Phi) is 4.76. The van der Waals surface area contributed by atoms with Crippen LogP contribution in [0.15, 0.2) is 77.9 Å². The molecule has 6 heteroatoms. The molecule has 3 heterocycles. The Bertz CT molecular complexity index is 1190. The highest BCUT2D eigenvalue weighted by atomic mass is 16.2. The van der Waals surface area contributed by atoms with Gasteiger partial charge in [-0.2, -0.15) is 0 Å². The van der Waals surface area contributed by atoms with E-state index in [1.165, 1.54) is 10.6 Å². The second-order valence-electron chi connectivity index (χ2n) is 6.59. The second kappa shape index (κ2) is 7.52. The lowest BCUT2D eigenvalue weighted by Gasteiger charge is -2.09. The standard InChI is InChI=1S/C22H20N4O2/c1-16-8-7-14-26-21(16)24-20(17-9-3-2-4-10-17)22(26)23-18(27)12-15-25-13-6-5-11-19(25)28/h2-11,13-14H,12,15H2,1H3,(H,23,27). The van der Waals surface area contributed by atoms with Crippen molar-refractivity contribution in [2.75, 3.05) is 5.32 Å². The Hall–Kier alpha value is -3.67. The molecule has 1 N–H and O–H groups in total. The summed E-state index contributed by atoms with van der Waals surface area (Å²) >= 11 is 0. The van der Waals surface area contributed by atoms with E-state index in [4.69, 9.17) is 4.98 Å². The molecule has 4 aromatic rings. The molecular formula is C22H20N4O2. The quantitative estimate of drug-likeness (QED) is 0.583. The number of anilines is 1. The minimum absolute atomic E-state index is 0.120. The van der Waals surface area contributed by atoms with Crippen molar-refractivity contribution in [3.8, 4) is 11.3 Å². The molecule has 0 radical (unpaired) electrons. The number of nitrogens with one attached hydrogen (secondary N) is 1. The van der Waals surface area contributed by atoms with Gasteiger partial charge >= 0.3 is 0 Å². The van der Waals surface area contributed by atoms with Gasteiger partial charge in [0.2, 0.25) is 5.91 Å². The first kappa shape index (κ1) is 17.7. The fourth-order valence-corrected chi connectivity index (χ4v) is 3.18. The molecule has 0 atom stereocenters. The van der Waals surface area contributed by atoms with Crippen LogP contribution in [-0.2, 0) is 11.3 Å². The minimum Gasteiger partial charge on any atom is -0.315 e. The molecule has 0 spiro atoms. The average molecular weight is 372 g/mol. The zero-order valence-electron chi connectivity index (χ0n) is 15.5. The van der Waals surface area contributed by atoms with Crippen LogP contribution in [0, 0.1) is 6.92 Å². The summed E-state index contributed by atoms with van der Waals surface area (Å²) in [7, 11) is 0. The summed E-state index contributed by atoms with van der Waals surface area (Å²) in [5.74, 6) is 0.464. The predicted molar refractivity (Wildman–Crippen MR) is 109 cm³/mol. The van der Waals surface area contributed by atoms with Crippen molar-refractivity contribution in [1.29, 1.82) is 0 Å². The van der Waals surface area contributed by atoms with Crippen LogP contribution in [0.3, 0.4) is 0 Å². The molecule has 1 aromatic carbocycles. The average Bonchev–Trinajstić information content (AvgIpc) is 3.08. The molecule has 0 saturated heterocycles. The summed E-state index contributed by atoms with van der Waals surface area (Å²) < 4.78 is 3.42. The third-order valence-electron chi connectivity index (χ3n) is 4.63. The predicted octanol–water partition coefficient (Wildman–Crippen LogP) is 3.50. The lowest BCUT2D eigenvalue weighted by atomic mass is 10.1. The van der Waals surface area contributed by atoms with Gasteiger partial charge in [-0.15, -0.1) is 0 Å². The minimum atomic E-state index is -0.170. The number of fused-ring (bicyclic) bond motifs is 1. The molecule has 4 rings (SSSR count). The number of nitrogens with zero attached hydrogens (tertiary/aromatic N) is 3. The van der Waals surface area contributed by atoms with Crippen LogP contribution >= 0.6 is 0 Å². The molecular weight excluding hydrogens is 352 g/mol. The summed E-state index contributed by atoms with van der Waals surface area (Å²) in [5.41, 5.74) is 3.36. The zero-order valence-corrected chi connectivity index (χ0v) is 15.5. The van der Waals surface area contributed by atoms with Crippen molar-refractivity contribution in [3.05, 3.63) is 89.0 Å². The third-order valence-corrected chi connectivity index (χ3v) is 4.63. The number of imidazole rings is 1. The lowest BCUT2D eigenvalue weighted by molar-refractivity contribution is -0.116. The van der Waals surface area contributed by atoms with Gasteiger partial charge in [-0.1, -0.05) is 42.5 Å². The zero-order chi connectivity index (χ0) is 19.5. The molecule has 6 nitrogen and oxygen atoms in total. The van der Waals surface area contributed by atoms with E-state index in [0.717, 1.165) is 22.5 Å². The highest BCUT2D eigenvalue weighted by Gasteiger charge is 2.17. The number of carbonyl (C=O) groups excluding carboxylic acids is 1. The van der Waals surface area contributed by atoms with Crippen molar-refractivity contribution in [2.45, 2.75) is 19.9 Å². The third kappa shape index (κ3) is 3.44. The van der Waals surface area contributed by atoms with Gasteiger partial charge < -0.3 is 9.88 Å². The largest absolute Gasteiger partial charge is 0.315 e. The van der Waals surface area contributed by atoms with Gasteiger partial charge in [-0.25, -0.2) is 4.98 Å². The monoisotopic (exact) mass is 372 g/mol. The van der Waals surface area contributed by atoms with Gasteiger partial charge in [-0.05, 0) is 24.6 Å². The highest BCUT2D eigenvalue weighted by Crippen LogP contribution is 2.29. The Morgan fingerprint density at radius 2 is 1.79 bits per heavy atom. The van der Waals surface area contributed by atoms with E-state index in [2.05, 4.69) is 5.32 Å². The molecule has 0 saturated carbocycles. The summed E-state index contributed by atoms with van der Waals surface area (Å²) in [4.78, 5) is 29.2. The van der Waals surface area contributed by atoms with Crippen molar-refractivity contribution >= 4 is 17.4 Å². The number of hydrogen-bond acceptors (Lipinski definition) is 3. The van der Waals surface area contributed by atoms with Crippen molar-refractivity contribution < 1.29 is 4.79 Å². The Balaban J connectivity index is 1.65. The fourth-order valence-electron chi connectivity index (χ4n) is 3.18. The maximum Gasteiger partial charge on any atom is 0.250 e.